The van der Waals surface area contributed by atoms with Gasteiger partial charge in [-0.3, -0.25) is 10.1 Å². The summed E-state index contributed by atoms with van der Waals surface area (Å²) >= 11 is 0. The number of benzene rings is 1. The molecule has 2 N–H and O–H groups in total. The zero-order chi connectivity index (χ0) is 13.0. The van der Waals surface area contributed by atoms with E-state index < -0.39 is 4.92 Å². The van der Waals surface area contributed by atoms with Crippen LogP contribution in [0.15, 0.2) is 18.2 Å². The number of ether oxygens (including phenoxy) is 1. The van der Waals surface area contributed by atoms with E-state index in [2.05, 4.69) is 13.8 Å². The molecule has 0 fully saturated rings. The van der Waals surface area contributed by atoms with Crippen molar-refractivity contribution in [1.82, 2.24) is 0 Å². The molecule has 0 bridgehead atoms. The highest BCUT2D eigenvalue weighted by atomic mass is 16.6. The summed E-state index contributed by atoms with van der Waals surface area (Å²) in [5, 5.41) is 10.6. The first-order chi connectivity index (χ1) is 7.90. The summed E-state index contributed by atoms with van der Waals surface area (Å²) in [6, 6.07) is 4.44. The van der Waals surface area contributed by atoms with Crippen LogP contribution in [0.2, 0.25) is 0 Å². The Kier molecular flexibility index (Phi) is 4.31. The second-order valence-electron chi connectivity index (χ2n) is 4.54. The van der Waals surface area contributed by atoms with Crippen LogP contribution in [0.4, 0.5) is 11.4 Å². The Morgan fingerprint density at radius 1 is 1.41 bits per heavy atom. The minimum absolute atomic E-state index is 0.0656. The van der Waals surface area contributed by atoms with Gasteiger partial charge >= 0.3 is 0 Å². The van der Waals surface area contributed by atoms with E-state index in [1.54, 1.807) is 6.07 Å². The molecular weight excluding hydrogens is 220 g/mol. The molecule has 0 saturated carbocycles. The van der Waals surface area contributed by atoms with Crippen molar-refractivity contribution in [3.05, 3.63) is 28.3 Å². The van der Waals surface area contributed by atoms with Crippen molar-refractivity contribution in [3.63, 3.8) is 0 Å². The molecular formula is C12H18N2O3. The maximum Gasteiger partial charge on any atom is 0.292 e. The Balaban J connectivity index is 2.74. The van der Waals surface area contributed by atoms with E-state index in [9.17, 15) is 10.1 Å². The summed E-state index contributed by atoms with van der Waals surface area (Å²) in [4.78, 5) is 10.1. The molecule has 5 heteroatoms. The topological polar surface area (TPSA) is 78.4 Å². The first-order valence-corrected chi connectivity index (χ1v) is 5.60. The first-order valence-electron chi connectivity index (χ1n) is 5.60. The fourth-order valence-corrected chi connectivity index (χ4v) is 1.72. The Labute approximate surface area is 101 Å². The molecule has 0 amide bonds. The molecule has 0 saturated heterocycles. The van der Waals surface area contributed by atoms with Crippen LogP contribution in [0.5, 0.6) is 5.75 Å². The van der Waals surface area contributed by atoms with Gasteiger partial charge in [0, 0.05) is 12.1 Å². The molecule has 0 aliphatic carbocycles. The van der Waals surface area contributed by atoms with Crippen molar-refractivity contribution >= 4 is 11.4 Å². The number of nitro groups is 1. The summed E-state index contributed by atoms with van der Waals surface area (Å²) in [5.74, 6) is 1.11. The largest absolute Gasteiger partial charge is 0.491 e. The molecule has 0 aliphatic heterocycles. The Hall–Kier alpha value is -1.78. The summed E-state index contributed by atoms with van der Waals surface area (Å²) in [6.45, 7) is 6.20. The van der Waals surface area contributed by atoms with E-state index >= 15 is 0 Å². The van der Waals surface area contributed by atoms with Gasteiger partial charge in [-0.2, -0.15) is 0 Å². The highest BCUT2D eigenvalue weighted by Crippen LogP contribution is 2.27. The van der Waals surface area contributed by atoms with E-state index in [0.29, 0.717) is 11.7 Å². The van der Waals surface area contributed by atoms with Gasteiger partial charge in [-0.25, -0.2) is 0 Å². The molecule has 1 rings (SSSR count). The molecule has 0 radical (unpaired) electrons. The molecule has 5 nitrogen and oxygen atoms in total. The summed E-state index contributed by atoms with van der Waals surface area (Å²) < 4.78 is 5.64. The zero-order valence-corrected chi connectivity index (χ0v) is 10.3. The third-order valence-corrected chi connectivity index (χ3v) is 2.34. The van der Waals surface area contributed by atoms with Gasteiger partial charge in [-0.15, -0.1) is 0 Å². The van der Waals surface area contributed by atoms with E-state index in [-0.39, 0.29) is 17.5 Å². The number of hydrogen-bond acceptors (Lipinski definition) is 4. The van der Waals surface area contributed by atoms with Crippen LogP contribution in [0.25, 0.3) is 0 Å². The number of hydrogen-bond donors (Lipinski definition) is 1. The second kappa shape index (κ2) is 5.52. The maximum absolute atomic E-state index is 10.6. The van der Waals surface area contributed by atoms with Gasteiger partial charge in [0.1, 0.15) is 11.4 Å². The smallest absolute Gasteiger partial charge is 0.292 e. The highest BCUT2D eigenvalue weighted by molar-refractivity contribution is 5.60. The molecule has 1 unspecified atom stereocenters. The predicted molar refractivity (Wildman–Crippen MR) is 67.1 cm³/mol. The van der Waals surface area contributed by atoms with Crippen molar-refractivity contribution in [2.45, 2.75) is 33.3 Å². The van der Waals surface area contributed by atoms with E-state index in [4.69, 9.17) is 10.5 Å². The lowest BCUT2D eigenvalue weighted by molar-refractivity contribution is -0.383. The number of nitrogens with zero attached hydrogens (tertiary/aromatic N) is 1. The van der Waals surface area contributed by atoms with Crippen molar-refractivity contribution in [2.24, 2.45) is 5.92 Å². The third-order valence-electron chi connectivity index (χ3n) is 2.34. The van der Waals surface area contributed by atoms with Crippen LogP contribution in [0, 0.1) is 16.0 Å². The van der Waals surface area contributed by atoms with Gasteiger partial charge < -0.3 is 10.5 Å². The van der Waals surface area contributed by atoms with Gasteiger partial charge in [0.2, 0.25) is 0 Å². The molecule has 1 aromatic rings. The van der Waals surface area contributed by atoms with Gasteiger partial charge in [-0.05, 0) is 25.3 Å². The van der Waals surface area contributed by atoms with Crippen LogP contribution in [0.3, 0.4) is 0 Å². The van der Waals surface area contributed by atoms with Gasteiger partial charge in [0.25, 0.3) is 5.69 Å². The van der Waals surface area contributed by atoms with Crippen LogP contribution in [-0.4, -0.2) is 11.0 Å². The Morgan fingerprint density at radius 2 is 2.06 bits per heavy atom. The molecule has 94 valence electrons. The Morgan fingerprint density at radius 3 is 2.53 bits per heavy atom. The average Bonchev–Trinajstić information content (AvgIpc) is 2.15. The summed E-state index contributed by atoms with van der Waals surface area (Å²) in [5.41, 5.74) is 5.62. The second-order valence-corrected chi connectivity index (χ2v) is 4.54. The van der Waals surface area contributed by atoms with Gasteiger partial charge in [-0.1, -0.05) is 13.8 Å². The lowest BCUT2D eigenvalue weighted by Gasteiger charge is -2.16. The normalized spacial score (nSPS) is 12.5. The average molecular weight is 238 g/mol. The monoisotopic (exact) mass is 238 g/mol. The lowest BCUT2D eigenvalue weighted by Crippen LogP contribution is -2.14. The number of nitrogens with two attached hydrogens (primary N) is 1. The summed E-state index contributed by atoms with van der Waals surface area (Å²) in [7, 11) is 0. The Bertz CT molecular complexity index is 405. The number of anilines is 1. The molecule has 0 aromatic heterocycles. The highest BCUT2D eigenvalue weighted by Gasteiger charge is 2.13. The van der Waals surface area contributed by atoms with Crippen molar-refractivity contribution in [3.8, 4) is 5.75 Å². The van der Waals surface area contributed by atoms with Gasteiger partial charge in [0.05, 0.1) is 11.0 Å². The standard InChI is InChI=1S/C12H18N2O3/c1-8(2)6-9(3)17-10-4-5-12(14(15)16)11(13)7-10/h4-5,7-9H,6,13H2,1-3H3. The molecule has 0 spiro atoms. The minimum atomic E-state index is -0.503. The molecule has 1 aromatic carbocycles. The first kappa shape index (κ1) is 13.3. The van der Waals surface area contributed by atoms with Crippen LogP contribution in [-0.2, 0) is 0 Å². The number of nitro benzene ring substituents is 1. The summed E-state index contributed by atoms with van der Waals surface area (Å²) in [6.07, 6.45) is 0.993. The minimum Gasteiger partial charge on any atom is -0.491 e. The SMILES string of the molecule is CC(C)CC(C)Oc1ccc([N+](=O)[O-])c(N)c1. The van der Waals surface area contributed by atoms with Crippen molar-refractivity contribution in [2.75, 3.05) is 5.73 Å². The predicted octanol–water partition coefficient (Wildman–Crippen LogP) is 2.99. The third kappa shape index (κ3) is 3.94. The fourth-order valence-electron chi connectivity index (χ4n) is 1.72. The van der Waals surface area contributed by atoms with E-state index in [1.807, 2.05) is 6.92 Å². The fraction of sp³-hybridized carbons (Fsp3) is 0.500. The van der Waals surface area contributed by atoms with Crippen LogP contribution in [0.1, 0.15) is 27.2 Å². The molecule has 0 heterocycles. The maximum atomic E-state index is 10.6. The molecule has 17 heavy (non-hydrogen) atoms. The molecule has 1 atom stereocenters. The number of rotatable bonds is 5. The van der Waals surface area contributed by atoms with Crippen LogP contribution >= 0.6 is 0 Å². The van der Waals surface area contributed by atoms with Crippen molar-refractivity contribution < 1.29 is 9.66 Å². The van der Waals surface area contributed by atoms with E-state index in [0.717, 1.165) is 6.42 Å². The quantitative estimate of drug-likeness (QED) is 0.486. The van der Waals surface area contributed by atoms with Crippen LogP contribution < -0.4 is 10.5 Å². The van der Waals surface area contributed by atoms with E-state index in [1.165, 1.54) is 12.1 Å². The zero-order valence-electron chi connectivity index (χ0n) is 10.3. The van der Waals surface area contributed by atoms with Gasteiger partial charge in [0.15, 0.2) is 0 Å². The lowest BCUT2D eigenvalue weighted by atomic mass is 10.1. The van der Waals surface area contributed by atoms with Crippen molar-refractivity contribution in [1.29, 1.82) is 0 Å². The molecule has 0 aliphatic rings. The number of nitrogen functional groups attached to an aromatic ring is 1.